The molecule has 0 saturated heterocycles. The van der Waals surface area contributed by atoms with E-state index >= 15 is 0 Å². The average Bonchev–Trinajstić information content (AvgIpc) is 2.17. The molecule has 0 aliphatic carbocycles. The summed E-state index contributed by atoms with van der Waals surface area (Å²) in [5.41, 5.74) is 0. The number of thioether (sulfide) groups is 2. The molecule has 0 aromatic carbocycles. The third kappa shape index (κ3) is 7.76. The van der Waals surface area contributed by atoms with Crippen LogP contribution >= 0.6 is 23.5 Å². The zero-order valence-corrected chi connectivity index (χ0v) is 9.16. The van der Waals surface area contributed by atoms with E-state index in [1.54, 1.807) is 23.5 Å². The monoisotopic (exact) mass is 211 g/mol. The Bertz CT molecular complexity index is 212. The Kier molecular flexibility index (Phi) is 9.07. The fourth-order valence-corrected chi connectivity index (χ4v) is 2.08. The molecule has 70 valence electrons. The largest absolute Gasteiger partial charge is 0.259 e. The number of aliphatic imine (C=N–C) groups is 1. The molecule has 0 heterocycles. The SMILES string of the molecule is C#CCN=C(SCC=C)SCC=C. The summed E-state index contributed by atoms with van der Waals surface area (Å²) >= 11 is 3.31. The van der Waals surface area contributed by atoms with Gasteiger partial charge in [0.25, 0.3) is 0 Å². The molecular formula is C10H13NS2. The van der Waals surface area contributed by atoms with Crippen molar-refractivity contribution in [2.24, 2.45) is 4.99 Å². The van der Waals surface area contributed by atoms with E-state index in [1.807, 2.05) is 12.2 Å². The lowest BCUT2D eigenvalue weighted by atomic mass is 10.7. The van der Waals surface area contributed by atoms with E-state index in [2.05, 4.69) is 24.1 Å². The molecule has 1 nitrogen and oxygen atoms in total. The second kappa shape index (κ2) is 9.50. The van der Waals surface area contributed by atoms with Crippen molar-refractivity contribution in [2.75, 3.05) is 18.1 Å². The van der Waals surface area contributed by atoms with Gasteiger partial charge >= 0.3 is 0 Å². The van der Waals surface area contributed by atoms with Gasteiger partial charge in [-0.3, -0.25) is 4.99 Å². The van der Waals surface area contributed by atoms with Gasteiger partial charge in [-0.15, -0.1) is 19.6 Å². The summed E-state index contributed by atoms with van der Waals surface area (Å²) in [5.74, 6) is 4.22. The third-order valence-electron chi connectivity index (χ3n) is 0.949. The minimum atomic E-state index is 0.448. The molecule has 0 rings (SSSR count). The zero-order chi connectivity index (χ0) is 9.94. The minimum Gasteiger partial charge on any atom is -0.259 e. The van der Waals surface area contributed by atoms with E-state index in [-0.39, 0.29) is 0 Å². The fourth-order valence-electron chi connectivity index (χ4n) is 0.504. The summed E-state index contributed by atoms with van der Waals surface area (Å²) in [6.07, 6.45) is 8.82. The van der Waals surface area contributed by atoms with Crippen molar-refractivity contribution in [1.29, 1.82) is 0 Å². The number of rotatable bonds is 5. The number of terminal acetylenes is 1. The lowest BCUT2D eigenvalue weighted by Crippen LogP contribution is -1.90. The lowest BCUT2D eigenvalue weighted by molar-refractivity contribution is 1.31. The zero-order valence-electron chi connectivity index (χ0n) is 7.53. The summed E-state index contributed by atoms with van der Waals surface area (Å²) in [6, 6.07) is 0. The fraction of sp³-hybridized carbons (Fsp3) is 0.300. The molecule has 0 radical (unpaired) electrons. The van der Waals surface area contributed by atoms with Crippen molar-refractivity contribution in [3.05, 3.63) is 25.3 Å². The van der Waals surface area contributed by atoms with Crippen LogP contribution in [0.1, 0.15) is 0 Å². The van der Waals surface area contributed by atoms with Gasteiger partial charge < -0.3 is 0 Å². The smallest absolute Gasteiger partial charge is 0.126 e. The first kappa shape index (κ1) is 12.4. The van der Waals surface area contributed by atoms with Crippen LogP contribution in [0.25, 0.3) is 0 Å². The highest BCUT2D eigenvalue weighted by atomic mass is 32.2. The van der Waals surface area contributed by atoms with Gasteiger partial charge in [0.15, 0.2) is 0 Å². The van der Waals surface area contributed by atoms with Crippen LogP contribution < -0.4 is 0 Å². The maximum absolute atomic E-state index is 5.12. The molecular weight excluding hydrogens is 198 g/mol. The Morgan fingerprint density at radius 2 is 1.85 bits per heavy atom. The van der Waals surface area contributed by atoms with Crippen LogP contribution in [0.3, 0.4) is 0 Å². The molecule has 3 heteroatoms. The van der Waals surface area contributed by atoms with Crippen molar-refractivity contribution >= 4 is 27.9 Å². The van der Waals surface area contributed by atoms with Crippen LogP contribution in [-0.2, 0) is 0 Å². The minimum absolute atomic E-state index is 0.448. The van der Waals surface area contributed by atoms with Gasteiger partial charge in [-0.05, 0) is 0 Å². The van der Waals surface area contributed by atoms with Crippen molar-refractivity contribution in [1.82, 2.24) is 0 Å². The van der Waals surface area contributed by atoms with Crippen molar-refractivity contribution < 1.29 is 0 Å². The summed E-state index contributed by atoms with van der Waals surface area (Å²) in [7, 11) is 0. The van der Waals surface area contributed by atoms with Gasteiger partial charge in [-0.2, -0.15) is 0 Å². The first-order valence-corrected chi connectivity index (χ1v) is 5.77. The van der Waals surface area contributed by atoms with Crippen LogP contribution in [0, 0.1) is 12.3 Å². The van der Waals surface area contributed by atoms with Gasteiger partial charge in [0.2, 0.25) is 0 Å². The molecule has 0 aromatic rings. The summed E-state index contributed by atoms with van der Waals surface area (Å²) in [6.45, 7) is 7.74. The molecule has 0 saturated carbocycles. The Balaban J connectivity index is 3.94. The second-order valence-electron chi connectivity index (χ2n) is 1.99. The molecule has 0 atom stereocenters. The summed E-state index contributed by atoms with van der Waals surface area (Å²) < 4.78 is 1.01. The Labute approximate surface area is 88.8 Å². The Hall–Kier alpha value is -0.590. The van der Waals surface area contributed by atoms with Gasteiger partial charge in [0, 0.05) is 11.5 Å². The van der Waals surface area contributed by atoms with Gasteiger partial charge in [0.1, 0.15) is 10.9 Å². The Morgan fingerprint density at radius 1 is 1.31 bits per heavy atom. The normalized spacial score (nSPS) is 8.54. The van der Waals surface area contributed by atoms with E-state index in [1.165, 1.54) is 0 Å². The summed E-state index contributed by atoms with van der Waals surface area (Å²) in [4.78, 5) is 4.23. The molecule has 0 aliphatic heterocycles. The quantitative estimate of drug-likeness (QED) is 0.300. The topological polar surface area (TPSA) is 12.4 Å². The molecule has 0 aromatic heterocycles. The highest BCUT2D eigenvalue weighted by Gasteiger charge is 1.97. The molecule has 0 amide bonds. The van der Waals surface area contributed by atoms with Crippen molar-refractivity contribution in [3.63, 3.8) is 0 Å². The first-order chi connectivity index (χ1) is 6.35. The van der Waals surface area contributed by atoms with Crippen LogP contribution in [0.5, 0.6) is 0 Å². The molecule has 0 bridgehead atoms. The molecule has 13 heavy (non-hydrogen) atoms. The number of nitrogens with zero attached hydrogens (tertiary/aromatic N) is 1. The molecule has 0 aliphatic rings. The standard InChI is InChI=1S/C10H13NS2/c1-4-7-11-10(12-8-5-2)13-9-6-3/h1,5-6H,2-3,7-9H2. The van der Waals surface area contributed by atoms with Gasteiger partial charge in [-0.1, -0.05) is 41.6 Å². The Morgan fingerprint density at radius 3 is 2.23 bits per heavy atom. The molecule has 0 unspecified atom stereocenters. The predicted octanol–water partition coefficient (Wildman–Crippen LogP) is 2.81. The maximum Gasteiger partial charge on any atom is 0.126 e. The van der Waals surface area contributed by atoms with Gasteiger partial charge in [0.05, 0.1) is 0 Å². The average molecular weight is 211 g/mol. The summed E-state index contributed by atoms with van der Waals surface area (Å²) in [5, 5.41) is 0. The maximum atomic E-state index is 5.12. The molecule has 0 spiro atoms. The van der Waals surface area contributed by atoms with E-state index < -0.39 is 0 Å². The van der Waals surface area contributed by atoms with E-state index in [0.717, 1.165) is 15.9 Å². The van der Waals surface area contributed by atoms with Crippen molar-refractivity contribution in [2.45, 2.75) is 0 Å². The lowest BCUT2D eigenvalue weighted by Gasteiger charge is -2.00. The third-order valence-corrected chi connectivity index (χ3v) is 3.21. The number of hydrogen-bond donors (Lipinski definition) is 0. The first-order valence-electron chi connectivity index (χ1n) is 3.80. The van der Waals surface area contributed by atoms with E-state index in [4.69, 9.17) is 6.42 Å². The van der Waals surface area contributed by atoms with E-state index in [9.17, 15) is 0 Å². The van der Waals surface area contributed by atoms with E-state index in [0.29, 0.717) is 6.54 Å². The van der Waals surface area contributed by atoms with Crippen molar-refractivity contribution in [3.8, 4) is 12.3 Å². The van der Waals surface area contributed by atoms with Crippen LogP contribution in [-0.4, -0.2) is 22.4 Å². The molecule has 0 N–H and O–H groups in total. The van der Waals surface area contributed by atoms with Crippen LogP contribution in [0.4, 0.5) is 0 Å². The highest BCUT2D eigenvalue weighted by molar-refractivity contribution is 8.39. The van der Waals surface area contributed by atoms with Crippen LogP contribution in [0.2, 0.25) is 0 Å². The predicted molar refractivity (Wildman–Crippen MR) is 66.4 cm³/mol. The number of hydrogen-bond acceptors (Lipinski definition) is 3. The van der Waals surface area contributed by atoms with Gasteiger partial charge in [-0.25, -0.2) is 0 Å². The van der Waals surface area contributed by atoms with Crippen LogP contribution in [0.15, 0.2) is 30.3 Å². The highest BCUT2D eigenvalue weighted by Crippen LogP contribution is 2.17. The molecule has 0 fully saturated rings. The second-order valence-corrected chi connectivity index (χ2v) is 4.26.